The van der Waals surface area contributed by atoms with E-state index in [1.54, 1.807) is 0 Å². The molecular weight excluding hydrogens is 471 g/mol. The van der Waals surface area contributed by atoms with Crippen molar-refractivity contribution in [2.24, 2.45) is 0 Å². The Balaban J connectivity index is 0. The van der Waals surface area contributed by atoms with Crippen LogP contribution >= 0.6 is 0 Å². The maximum absolute atomic E-state index is 12.3. The van der Waals surface area contributed by atoms with Crippen molar-refractivity contribution < 1.29 is 19.1 Å². The van der Waals surface area contributed by atoms with Crippen LogP contribution in [0.1, 0.15) is 117 Å². The van der Waals surface area contributed by atoms with E-state index in [2.05, 4.69) is 20.8 Å². The van der Waals surface area contributed by atoms with Gasteiger partial charge in [-0.05, 0) is 25.7 Å². The summed E-state index contributed by atoms with van der Waals surface area (Å²) in [5.41, 5.74) is 0.445. The summed E-state index contributed by atoms with van der Waals surface area (Å²) in [6, 6.07) is 0. The molecule has 0 aliphatic carbocycles. The van der Waals surface area contributed by atoms with Crippen molar-refractivity contribution in [3.05, 3.63) is 11.6 Å². The minimum atomic E-state index is -0.420. The zero-order chi connectivity index (χ0) is 20.9. The summed E-state index contributed by atoms with van der Waals surface area (Å²) < 4.78 is 10.6. The third kappa shape index (κ3) is 20.5. The van der Waals surface area contributed by atoms with Gasteiger partial charge in [0.2, 0.25) is 0 Å². The summed E-state index contributed by atoms with van der Waals surface area (Å²) >= 11 is 0. The van der Waals surface area contributed by atoms with Gasteiger partial charge in [0.1, 0.15) is 0 Å². The van der Waals surface area contributed by atoms with Crippen molar-refractivity contribution in [1.82, 2.24) is 0 Å². The third-order valence-corrected chi connectivity index (χ3v) is 4.83. The second-order valence-electron chi connectivity index (χ2n) is 7.61. The van der Waals surface area contributed by atoms with Gasteiger partial charge >= 0.3 is 35.8 Å². The normalized spacial score (nSPS) is 11.1. The molecule has 0 aromatic heterocycles. The summed E-state index contributed by atoms with van der Waals surface area (Å²) in [4.78, 5) is 24.3. The number of rotatable bonds is 19. The first-order valence-corrected chi connectivity index (χ1v) is 11.7. The van der Waals surface area contributed by atoms with Gasteiger partial charge < -0.3 is 9.47 Å². The average molecular weight is 517 g/mol. The van der Waals surface area contributed by atoms with Crippen molar-refractivity contribution in [3.8, 4) is 0 Å². The molecular formula is C24H46O4Sn. The molecule has 0 aromatic rings. The first-order chi connectivity index (χ1) is 13.7. The zero-order valence-electron chi connectivity index (χ0n) is 19.4. The van der Waals surface area contributed by atoms with Crippen LogP contribution in [0, 0.1) is 0 Å². The number of esters is 2. The van der Waals surface area contributed by atoms with Gasteiger partial charge in [-0.3, -0.25) is 0 Å². The molecule has 0 N–H and O–H groups in total. The Kier molecular flexibility index (Phi) is 25.1. The summed E-state index contributed by atoms with van der Waals surface area (Å²) in [6.07, 6.45) is 17.6. The van der Waals surface area contributed by atoms with Crippen LogP contribution in [0.2, 0.25) is 0 Å². The van der Waals surface area contributed by atoms with Crippen LogP contribution in [0.25, 0.3) is 0 Å². The SMILES string of the molecule is CCCCCCCCOC(=O)/C=C(/CCCC)C(=O)OCCCCCCCC.[SnH2]. The Hall–Kier alpha value is -0.521. The molecule has 0 aliphatic heterocycles. The van der Waals surface area contributed by atoms with Crippen molar-refractivity contribution in [1.29, 1.82) is 0 Å². The van der Waals surface area contributed by atoms with E-state index in [0.717, 1.165) is 38.5 Å². The van der Waals surface area contributed by atoms with Crippen molar-refractivity contribution >= 4 is 35.8 Å². The molecule has 0 fully saturated rings. The summed E-state index contributed by atoms with van der Waals surface area (Å²) in [5.74, 6) is -0.783. The Morgan fingerprint density at radius 1 is 0.621 bits per heavy atom. The molecule has 0 aromatic carbocycles. The van der Waals surface area contributed by atoms with E-state index in [-0.39, 0.29) is 29.9 Å². The van der Waals surface area contributed by atoms with Gasteiger partial charge in [0.15, 0.2) is 0 Å². The molecule has 4 nitrogen and oxygen atoms in total. The van der Waals surface area contributed by atoms with Crippen LogP contribution in [-0.2, 0) is 19.1 Å². The Bertz CT molecular complexity index is 421. The fourth-order valence-electron chi connectivity index (χ4n) is 2.98. The average Bonchev–Trinajstić information content (AvgIpc) is 2.69. The Labute approximate surface area is 196 Å². The molecule has 0 aliphatic rings. The van der Waals surface area contributed by atoms with Gasteiger partial charge in [-0.2, -0.15) is 0 Å². The van der Waals surface area contributed by atoms with Gasteiger partial charge in [-0.15, -0.1) is 0 Å². The van der Waals surface area contributed by atoms with Gasteiger partial charge in [0.05, 0.1) is 13.2 Å². The van der Waals surface area contributed by atoms with E-state index in [4.69, 9.17) is 9.47 Å². The first kappa shape index (κ1) is 30.7. The zero-order valence-corrected chi connectivity index (χ0v) is 23.5. The van der Waals surface area contributed by atoms with Crippen LogP contribution in [0.3, 0.4) is 0 Å². The molecule has 0 saturated carbocycles. The molecule has 0 atom stereocenters. The topological polar surface area (TPSA) is 52.6 Å². The summed E-state index contributed by atoms with van der Waals surface area (Å²) in [7, 11) is 0. The van der Waals surface area contributed by atoms with E-state index in [9.17, 15) is 9.59 Å². The summed E-state index contributed by atoms with van der Waals surface area (Å²) in [5, 5.41) is 0. The third-order valence-electron chi connectivity index (χ3n) is 4.83. The van der Waals surface area contributed by atoms with Crippen LogP contribution in [0.4, 0.5) is 0 Å². The fraction of sp³-hybridized carbons (Fsp3) is 0.833. The van der Waals surface area contributed by atoms with Gasteiger partial charge in [-0.25, -0.2) is 9.59 Å². The van der Waals surface area contributed by atoms with E-state index >= 15 is 0 Å². The number of unbranched alkanes of at least 4 members (excludes halogenated alkanes) is 11. The Morgan fingerprint density at radius 2 is 1.07 bits per heavy atom. The molecule has 0 rings (SSSR count). The monoisotopic (exact) mass is 518 g/mol. The molecule has 0 saturated heterocycles. The predicted molar refractivity (Wildman–Crippen MR) is 125 cm³/mol. The molecule has 0 spiro atoms. The fourth-order valence-corrected chi connectivity index (χ4v) is 2.98. The quantitative estimate of drug-likeness (QED) is 0.0914. The van der Waals surface area contributed by atoms with Gasteiger partial charge in [0, 0.05) is 11.6 Å². The summed E-state index contributed by atoms with van der Waals surface area (Å²) in [6.45, 7) is 7.32. The van der Waals surface area contributed by atoms with E-state index in [0.29, 0.717) is 25.2 Å². The minimum absolute atomic E-state index is 0. The molecule has 170 valence electrons. The van der Waals surface area contributed by atoms with Crippen LogP contribution in [-0.4, -0.2) is 49.1 Å². The number of carbonyl (C=O) groups is 2. The van der Waals surface area contributed by atoms with Gasteiger partial charge in [-0.1, -0.05) is 91.4 Å². The standard InChI is InChI=1S/C24H44O4.Sn.2H/c1-4-7-10-12-14-16-19-27-23(25)21-22(18-9-6-3)24(26)28-20-17-15-13-11-8-5-2;;;/h21H,4-20H2,1-3H3;;;/b22-21-;;;. The number of ether oxygens (including phenoxy) is 2. The second kappa shape index (κ2) is 23.8. The molecule has 29 heavy (non-hydrogen) atoms. The van der Waals surface area contributed by atoms with Crippen molar-refractivity contribution in [2.45, 2.75) is 117 Å². The number of carbonyl (C=O) groups excluding carboxylic acids is 2. The van der Waals surface area contributed by atoms with Crippen molar-refractivity contribution in [3.63, 3.8) is 0 Å². The molecule has 0 heterocycles. The Morgan fingerprint density at radius 3 is 1.59 bits per heavy atom. The van der Waals surface area contributed by atoms with Crippen LogP contribution in [0.15, 0.2) is 11.6 Å². The first-order valence-electron chi connectivity index (χ1n) is 11.7. The number of hydrogen-bond donors (Lipinski definition) is 0. The van der Waals surface area contributed by atoms with Crippen LogP contribution in [0.5, 0.6) is 0 Å². The molecule has 5 heteroatoms. The van der Waals surface area contributed by atoms with E-state index < -0.39 is 5.97 Å². The van der Waals surface area contributed by atoms with Gasteiger partial charge in [0.25, 0.3) is 0 Å². The molecule has 0 amide bonds. The van der Waals surface area contributed by atoms with E-state index in [1.807, 2.05) is 0 Å². The second-order valence-corrected chi connectivity index (χ2v) is 7.61. The van der Waals surface area contributed by atoms with E-state index in [1.165, 1.54) is 57.4 Å². The molecule has 0 bridgehead atoms. The molecule has 2 radical (unpaired) electrons. The number of hydrogen-bond acceptors (Lipinski definition) is 4. The van der Waals surface area contributed by atoms with Crippen molar-refractivity contribution in [2.75, 3.05) is 13.2 Å². The maximum atomic E-state index is 12.3. The van der Waals surface area contributed by atoms with Crippen LogP contribution < -0.4 is 0 Å². The molecule has 0 unspecified atom stereocenters. The predicted octanol–water partition coefficient (Wildman–Crippen LogP) is 5.99.